The Labute approximate surface area is 136 Å². The Hall–Kier alpha value is -1.85. The molecule has 1 atom stereocenters. The van der Waals surface area contributed by atoms with E-state index in [0.717, 1.165) is 49.5 Å². The molecule has 1 aromatic carbocycles. The highest BCUT2D eigenvalue weighted by molar-refractivity contribution is 5.97. The van der Waals surface area contributed by atoms with Crippen molar-refractivity contribution in [2.24, 2.45) is 0 Å². The molecule has 1 fully saturated rings. The first-order valence-electron chi connectivity index (χ1n) is 8.27. The van der Waals surface area contributed by atoms with Crippen LogP contribution in [0, 0.1) is 6.92 Å². The molecule has 1 aliphatic rings. The summed E-state index contributed by atoms with van der Waals surface area (Å²) in [6.07, 6.45) is 1.01. The van der Waals surface area contributed by atoms with Crippen molar-refractivity contribution in [3.63, 3.8) is 0 Å². The van der Waals surface area contributed by atoms with Crippen molar-refractivity contribution in [1.29, 1.82) is 0 Å². The normalized spacial score (nSPS) is 17.3. The van der Waals surface area contributed by atoms with E-state index >= 15 is 0 Å². The summed E-state index contributed by atoms with van der Waals surface area (Å²) in [7, 11) is 0. The Bertz CT molecular complexity index is 674. The van der Waals surface area contributed by atoms with Crippen molar-refractivity contribution < 1.29 is 13.9 Å². The minimum atomic E-state index is -0.0301. The van der Waals surface area contributed by atoms with Crippen LogP contribution in [0.4, 0.5) is 0 Å². The highest BCUT2D eigenvalue weighted by Crippen LogP contribution is 2.20. The van der Waals surface area contributed by atoms with E-state index in [1.165, 1.54) is 0 Å². The summed E-state index contributed by atoms with van der Waals surface area (Å²) in [5, 5.41) is 4.03. The first kappa shape index (κ1) is 16.0. The molecule has 124 valence electrons. The Morgan fingerprint density at radius 2 is 2.09 bits per heavy atom. The molecule has 0 unspecified atom stereocenters. The molecule has 2 aromatic rings. The molecular formula is C18H24N2O3. The number of aryl methyl sites for hydroxylation is 1. The van der Waals surface area contributed by atoms with Gasteiger partial charge in [-0.25, -0.2) is 0 Å². The number of fused-ring (bicyclic) bond motifs is 1. The maximum Gasteiger partial charge on any atom is 0.251 e. The number of nitrogens with one attached hydrogen (secondary N) is 1. The molecule has 1 saturated heterocycles. The predicted octanol–water partition coefficient (Wildman–Crippen LogP) is 2.58. The molecule has 1 aromatic heterocycles. The average molecular weight is 316 g/mol. The quantitative estimate of drug-likeness (QED) is 0.921. The molecule has 3 rings (SSSR count). The molecule has 0 bridgehead atoms. The molecule has 23 heavy (non-hydrogen) atoms. The molecule has 1 N–H and O–H groups in total. The van der Waals surface area contributed by atoms with E-state index in [2.05, 4.69) is 17.1 Å². The Morgan fingerprint density at radius 3 is 2.83 bits per heavy atom. The van der Waals surface area contributed by atoms with E-state index in [1.54, 1.807) is 0 Å². The van der Waals surface area contributed by atoms with Crippen LogP contribution in [0.25, 0.3) is 11.0 Å². The third-order valence-corrected chi connectivity index (χ3v) is 4.43. The number of amides is 1. The summed E-state index contributed by atoms with van der Waals surface area (Å²) < 4.78 is 10.9. The fraction of sp³-hybridized carbons (Fsp3) is 0.500. The van der Waals surface area contributed by atoms with Crippen LogP contribution >= 0.6 is 0 Å². The zero-order valence-electron chi connectivity index (χ0n) is 13.8. The van der Waals surface area contributed by atoms with Gasteiger partial charge in [0.1, 0.15) is 11.3 Å². The Kier molecular flexibility index (Phi) is 4.98. The Morgan fingerprint density at radius 1 is 1.30 bits per heavy atom. The number of hydrogen-bond donors (Lipinski definition) is 1. The average Bonchev–Trinajstić information content (AvgIpc) is 2.95. The summed E-state index contributed by atoms with van der Waals surface area (Å²) in [5.74, 6) is 0.827. The van der Waals surface area contributed by atoms with Gasteiger partial charge in [0.25, 0.3) is 5.91 Å². The van der Waals surface area contributed by atoms with Crippen LogP contribution in [0.3, 0.4) is 0 Å². The number of ether oxygens (including phenoxy) is 1. The third-order valence-electron chi connectivity index (χ3n) is 4.43. The van der Waals surface area contributed by atoms with Gasteiger partial charge in [-0.3, -0.25) is 9.69 Å². The zero-order valence-corrected chi connectivity index (χ0v) is 13.8. The van der Waals surface area contributed by atoms with Gasteiger partial charge < -0.3 is 14.5 Å². The SMILES string of the molecule is CC[C@H](CNC(=O)c1ccc2oc(C)cc2c1)N1CCOCC1. The third kappa shape index (κ3) is 3.74. The topological polar surface area (TPSA) is 54.7 Å². The van der Waals surface area contributed by atoms with Gasteiger partial charge in [0.05, 0.1) is 13.2 Å². The highest BCUT2D eigenvalue weighted by atomic mass is 16.5. The molecule has 0 aliphatic carbocycles. The number of furan rings is 1. The van der Waals surface area contributed by atoms with E-state index < -0.39 is 0 Å². The second-order valence-electron chi connectivity index (χ2n) is 6.03. The summed E-state index contributed by atoms with van der Waals surface area (Å²) in [6.45, 7) is 8.17. The van der Waals surface area contributed by atoms with Crippen molar-refractivity contribution in [3.05, 3.63) is 35.6 Å². The summed E-state index contributed by atoms with van der Waals surface area (Å²) in [5.41, 5.74) is 1.49. The zero-order chi connectivity index (χ0) is 16.2. The smallest absolute Gasteiger partial charge is 0.251 e. The van der Waals surface area contributed by atoms with E-state index in [0.29, 0.717) is 18.2 Å². The molecule has 0 spiro atoms. The summed E-state index contributed by atoms with van der Waals surface area (Å²) in [4.78, 5) is 14.8. The second kappa shape index (κ2) is 7.15. The number of benzene rings is 1. The van der Waals surface area contributed by atoms with Crippen molar-refractivity contribution >= 4 is 16.9 Å². The Balaban J connectivity index is 1.62. The lowest BCUT2D eigenvalue weighted by Gasteiger charge is -2.34. The molecule has 2 heterocycles. The standard InChI is InChI=1S/C18H24N2O3/c1-3-16(20-6-8-22-9-7-20)12-19-18(21)14-4-5-17-15(11-14)10-13(2)23-17/h4-5,10-11,16H,3,6-9,12H2,1-2H3,(H,19,21)/t16-/m1/s1. The van der Waals surface area contributed by atoms with Gasteiger partial charge in [0, 0.05) is 36.6 Å². The van der Waals surface area contributed by atoms with Crippen molar-refractivity contribution in [2.75, 3.05) is 32.8 Å². The van der Waals surface area contributed by atoms with Gasteiger partial charge in [-0.15, -0.1) is 0 Å². The van der Waals surface area contributed by atoms with Crippen LogP contribution in [-0.2, 0) is 4.74 Å². The van der Waals surface area contributed by atoms with Crippen LogP contribution in [0.1, 0.15) is 29.5 Å². The number of hydrogen-bond acceptors (Lipinski definition) is 4. The monoisotopic (exact) mass is 316 g/mol. The number of nitrogens with zero attached hydrogens (tertiary/aromatic N) is 1. The van der Waals surface area contributed by atoms with Gasteiger partial charge in [-0.05, 0) is 37.6 Å². The van der Waals surface area contributed by atoms with Gasteiger partial charge in [0.2, 0.25) is 0 Å². The molecule has 5 heteroatoms. The number of rotatable bonds is 5. The fourth-order valence-electron chi connectivity index (χ4n) is 3.10. The molecule has 5 nitrogen and oxygen atoms in total. The molecule has 0 radical (unpaired) electrons. The van der Waals surface area contributed by atoms with E-state index in [4.69, 9.17) is 9.15 Å². The van der Waals surface area contributed by atoms with E-state index in [9.17, 15) is 4.79 Å². The lowest BCUT2D eigenvalue weighted by Crippen LogP contribution is -2.48. The second-order valence-corrected chi connectivity index (χ2v) is 6.03. The van der Waals surface area contributed by atoms with Gasteiger partial charge in [-0.2, -0.15) is 0 Å². The predicted molar refractivity (Wildman–Crippen MR) is 89.8 cm³/mol. The molecular weight excluding hydrogens is 292 g/mol. The van der Waals surface area contributed by atoms with Gasteiger partial charge >= 0.3 is 0 Å². The highest BCUT2D eigenvalue weighted by Gasteiger charge is 2.20. The van der Waals surface area contributed by atoms with Gasteiger partial charge in [0.15, 0.2) is 0 Å². The number of carbonyl (C=O) groups excluding carboxylic acids is 1. The van der Waals surface area contributed by atoms with E-state index in [-0.39, 0.29) is 5.91 Å². The first-order valence-corrected chi connectivity index (χ1v) is 8.27. The van der Waals surface area contributed by atoms with Crippen LogP contribution in [0.5, 0.6) is 0 Å². The van der Waals surface area contributed by atoms with Crippen molar-refractivity contribution in [1.82, 2.24) is 10.2 Å². The van der Waals surface area contributed by atoms with Crippen LogP contribution in [0.15, 0.2) is 28.7 Å². The fourth-order valence-corrected chi connectivity index (χ4v) is 3.10. The van der Waals surface area contributed by atoms with Crippen molar-refractivity contribution in [3.8, 4) is 0 Å². The largest absolute Gasteiger partial charge is 0.461 e. The number of morpholine rings is 1. The van der Waals surface area contributed by atoms with E-state index in [1.807, 2.05) is 31.2 Å². The maximum absolute atomic E-state index is 12.4. The lowest BCUT2D eigenvalue weighted by molar-refractivity contribution is 0.0159. The number of carbonyl (C=O) groups is 1. The molecule has 1 aliphatic heterocycles. The lowest BCUT2D eigenvalue weighted by atomic mass is 10.1. The summed E-state index contributed by atoms with van der Waals surface area (Å²) >= 11 is 0. The van der Waals surface area contributed by atoms with Crippen LogP contribution < -0.4 is 5.32 Å². The van der Waals surface area contributed by atoms with Crippen LogP contribution in [-0.4, -0.2) is 49.7 Å². The summed E-state index contributed by atoms with van der Waals surface area (Å²) in [6, 6.07) is 7.88. The molecule has 1 amide bonds. The van der Waals surface area contributed by atoms with Gasteiger partial charge in [-0.1, -0.05) is 6.92 Å². The minimum absolute atomic E-state index is 0.0301. The maximum atomic E-state index is 12.4. The van der Waals surface area contributed by atoms with Crippen molar-refractivity contribution in [2.45, 2.75) is 26.3 Å². The minimum Gasteiger partial charge on any atom is -0.461 e. The molecule has 0 saturated carbocycles. The first-order chi connectivity index (χ1) is 11.2. The van der Waals surface area contributed by atoms with Crippen LogP contribution in [0.2, 0.25) is 0 Å².